The Morgan fingerprint density at radius 2 is 1.80 bits per heavy atom. The number of fused-ring (bicyclic) bond motifs is 1. The van der Waals surface area contributed by atoms with Gasteiger partial charge in [-0.15, -0.1) is 9.80 Å². The highest BCUT2D eigenvalue weighted by atomic mass is 127. The third-order valence-corrected chi connectivity index (χ3v) is 7.02. The molecule has 12 heteroatoms. The van der Waals surface area contributed by atoms with E-state index in [-0.39, 0.29) is 24.4 Å². The van der Waals surface area contributed by atoms with Crippen molar-refractivity contribution in [2.45, 2.75) is 84.5 Å². The Morgan fingerprint density at radius 1 is 1.15 bits per heavy atom. The third-order valence-electron chi connectivity index (χ3n) is 7.02. The molecule has 3 atom stereocenters. The van der Waals surface area contributed by atoms with E-state index in [1.165, 1.54) is 17.5 Å². The molecule has 41 heavy (non-hydrogen) atoms. The Bertz CT molecular complexity index is 1070. The number of halogens is 1. The van der Waals surface area contributed by atoms with Gasteiger partial charge < -0.3 is 30.5 Å². The van der Waals surface area contributed by atoms with E-state index in [2.05, 4.69) is 37.9 Å². The van der Waals surface area contributed by atoms with Gasteiger partial charge in [-0.25, -0.2) is 4.79 Å². The van der Waals surface area contributed by atoms with Crippen LogP contribution in [0.5, 0.6) is 0 Å². The Morgan fingerprint density at radius 3 is 2.44 bits per heavy atom. The van der Waals surface area contributed by atoms with Gasteiger partial charge in [0.2, 0.25) is 17.7 Å². The molecule has 230 valence electrons. The largest absolute Gasteiger partial charge is 0.444 e. The van der Waals surface area contributed by atoms with E-state index in [9.17, 15) is 19.2 Å². The summed E-state index contributed by atoms with van der Waals surface area (Å²) in [5, 5.41) is 9.24. The van der Waals surface area contributed by atoms with Crippen LogP contribution in [0.1, 0.15) is 71.6 Å². The van der Waals surface area contributed by atoms with Crippen molar-refractivity contribution in [3.8, 4) is 0 Å². The van der Waals surface area contributed by atoms with Crippen molar-refractivity contribution < 1.29 is 23.9 Å². The van der Waals surface area contributed by atoms with Crippen molar-refractivity contribution >= 4 is 54.8 Å². The average Bonchev–Trinajstić information content (AvgIpc) is 2.91. The number of thiol groups is 1. The zero-order valence-electron chi connectivity index (χ0n) is 25.3. The van der Waals surface area contributed by atoms with Gasteiger partial charge in [0.25, 0.3) is 0 Å². The number of aryl methyl sites for hydroxylation is 1. The molecule has 4 amide bonds. The molecule has 0 saturated carbocycles. The first kappa shape index (κ1) is 35.1. The molecular formula is C29H46IN5O5S. The van der Waals surface area contributed by atoms with Crippen LogP contribution in [0.25, 0.3) is 0 Å². The molecule has 0 bridgehead atoms. The fraction of sp³-hybridized carbons (Fsp3) is 0.655. The summed E-state index contributed by atoms with van der Waals surface area (Å²) in [6.07, 6.45) is 2.21. The molecule has 0 aromatic heterocycles. The van der Waals surface area contributed by atoms with E-state index >= 15 is 0 Å². The number of rotatable bonds is 6. The molecule has 3 unspecified atom stereocenters. The summed E-state index contributed by atoms with van der Waals surface area (Å²) in [7, 11) is 4.97. The average molecular weight is 704 g/mol. The van der Waals surface area contributed by atoms with Crippen LogP contribution in [-0.4, -0.2) is 84.5 Å². The number of likely N-dealkylation sites (N-methyl/N-ethyl adjacent to an activating group) is 1. The lowest BCUT2D eigenvalue weighted by Gasteiger charge is -2.41. The van der Waals surface area contributed by atoms with Gasteiger partial charge in [0.05, 0.1) is 6.04 Å². The summed E-state index contributed by atoms with van der Waals surface area (Å²) in [4.78, 5) is 55.4. The van der Waals surface area contributed by atoms with Crippen molar-refractivity contribution in [2.75, 3.05) is 33.2 Å². The highest BCUT2D eigenvalue weighted by molar-refractivity contribution is 14.2. The van der Waals surface area contributed by atoms with E-state index in [0.717, 1.165) is 24.8 Å². The molecule has 1 aliphatic carbocycles. The second-order valence-corrected chi connectivity index (χ2v) is 12.6. The Balaban J connectivity index is 0.00000287. The first-order chi connectivity index (χ1) is 19.2. The predicted molar refractivity (Wildman–Crippen MR) is 172 cm³/mol. The monoisotopic (exact) mass is 703 g/mol. The maximum Gasteiger partial charge on any atom is 0.410 e. The van der Waals surface area contributed by atoms with Gasteiger partial charge in [-0.05, 0) is 77.8 Å². The molecule has 0 spiro atoms. The number of nitrogens with one attached hydrogen (secondary N) is 3. The lowest BCUT2D eigenvalue weighted by atomic mass is 9.85. The summed E-state index contributed by atoms with van der Waals surface area (Å²) in [5.41, 5.74) is 1.05. The maximum atomic E-state index is 13.9. The quantitative estimate of drug-likeness (QED) is 0.266. The van der Waals surface area contributed by atoms with Gasteiger partial charge in [-0.2, -0.15) is 0 Å². The number of carbonyl (C=O) groups excluding carboxylic acids is 4. The summed E-state index contributed by atoms with van der Waals surface area (Å²) < 4.78 is 5.32. The molecule has 3 rings (SSSR count). The topological polar surface area (TPSA) is 120 Å². The molecule has 1 aromatic carbocycles. The number of piperazine rings is 1. The lowest BCUT2D eigenvalue weighted by Crippen LogP contribution is -2.65. The molecular weight excluding hydrogens is 657 g/mol. The molecule has 1 saturated heterocycles. The smallest absolute Gasteiger partial charge is 0.410 e. The summed E-state index contributed by atoms with van der Waals surface area (Å²) in [6.45, 7) is 11.8. The van der Waals surface area contributed by atoms with Gasteiger partial charge >= 0.3 is 6.09 Å². The Kier molecular flexibility index (Phi) is 13.2. The Labute approximate surface area is 262 Å². The molecule has 1 heterocycles. The fourth-order valence-electron chi connectivity index (χ4n) is 5.02. The Hall–Kier alpha value is -2.06. The van der Waals surface area contributed by atoms with Gasteiger partial charge in [0.15, 0.2) is 0 Å². The first-order valence-electron chi connectivity index (χ1n) is 14.0. The number of nitrogens with zero attached hydrogens (tertiary/aromatic N) is 2. The second-order valence-electron chi connectivity index (χ2n) is 12.6. The molecule has 1 fully saturated rings. The number of hydrogen-bond acceptors (Lipinski definition) is 7. The minimum Gasteiger partial charge on any atom is -0.444 e. The molecule has 0 radical (unpaired) electrons. The van der Waals surface area contributed by atoms with Crippen LogP contribution >= 0.6 is 31.0 Å². The predicted octanol–water partition coefficient (Wildman–Crippen LogP) is 3.64. The van der Waals surface area contributed by atoms with Gasteiger partial charge in [-0.3, -0.25) is 14.4 Å². The van der Waals surface area contributed by atoms with Crippen LogP contribution in [0.15, 0.2) is 24.3 Å². The molecule has 1 aromatic rings. The number of hydrogen-bond donors (Lipinski definition) is 4. The molecule has 10 nitrogen and oxygen atoms in total. The van der Waals surface area contributed by atoms with Crippen molar-refractivity contribution in [1.82, 2.24) is 25.8 Å². The van der Waals surface area contributed by atoms with Crippen LogP contribution in [0, 0.1) is 5.41 Å². The van der Waals surface area contributed by atoms with Crippen LogP contribution in [-0.2, 0) is 25.5 Å². The number of carbonyl (C=O) groups is 4. The summed E-state index contributed by atoms with van der Waals surface area (Å²) >= 11 is 1.84. The van der Waals surface area contributed by atoms with Crippen molar-refractivity contribution in [2.24, 2.45) is 5.41 Å². The van der Waals surface area contributed by atoms with E-state index in [0.29, 0.717) is 19.6 Å². The van der Waals surface area contributed by atoms with Crippen LogP contribution in [0.4, 0.5) is 4.79 Å². The first-order valence-corrected chi connectivity index (χ1v) is 17.2. The summed E-state index contributed by atoms with van der Waals surface area (Å²) in [6, 6.07) is 6.47. The van der Waals surface area contributed by atoms with E-state index in [1.54, 1.807) is 25.7 Å². The van der Waals surface area contributed by atoms with Crippen molar-refractivity contribution in [1.29, 1.82) is 0 Å². The standard InChI is InChI=1S/C29H45N5O5.HIS/c1-28(2,3)24(32-23(35)18-33(7)27(38)39-29(4,5)6)26(37)34-16-15-30-17-22(34)25(36)31-21-14-10-12-19-11-8-9-13-20(19)21;1-2/h8-9,11,13,21-22,24,30H,10,12,14-18H2,1-7H3,(H,31,36)(H,32,35);2H. The number of amides is 4. The third kappa shape index (κ3) is 10.3. The normalized spacial score (nSPS) is 19.5. The van der Waals surface area contributed by atoms with Crippen molar-refractivity contribution in [3.63, 3.8) is 0 Å². The minimum absolute atomic E-state index is 0.0946. The van der Waals surface area contributed by atoms with Crippen molar-refractivity contribution in [3.05, 3.63) is 35.4 Å². The van der Waals surface area contributed by atoms with E-state index in [1.807, 2.05) is 54.1 Å². The highest BCUT2D eigenvalue weighted by Crippen LogP contribution is 2.30. The van der Waals surface area contributed by atoms with Gasteiger partial charge in [-0.1, -0.05) is 45.0 Å². The number of ether oxygens (including phenoxy) is 1. The highest BCUT2D eigenvalue weighted by Gasteiger charge is 2.41. The number of benzene rings is 1. The van der Waals surface area contributed by atoms with E-state index < -0.39 is 35.1 Å². The lowest BCUT2D eigenvalue weighted by molar-refractivity contribution is -0.147. The summed E-state index contributed by atoms with van der Waals surface area (Å²) in [5.74, 6) is -1.01. The van der Waals surface area contributed by atoms with Crippen LogP contribution < -0.4 is 16.0 Å². The SMILES string of the molecule is CN(CC(=O)NC(C(=O)N1CCNCC1C(=O)NC1CCCc2ccccc21)C(C)(C)C)C(=O)OC(C)(C)C.SI. The zero-order chi connectivity index (χ0) is 31.0. The zero-order valence-corrected chi connectivity index (χ0v) is 28.3. The van der Waals surface area contributed by atoms with Crippen LogP contribution in [0.2, 0.25) is 0 Å². The molecule has 2 aliphatic rings. The molecule has 3 N–H and O–H groups in total. The fourth-order valence-corrected chi connectivity index (χ4v) is 5.02. The second kappa shape index (κ2) is 15.4. The molecule has 1 aliphatic heterocycles. The maximum absolute atomic E-state index is 13.9. The minimum atomic E-state index is -0.888. The van der Waals surface area contributed by atoms with E-state index in [4.69, 9.17) is 4.74 Å². The van der Waals surface area contributed by atoms with Crippen LogP contribution in [0.3, 0.4) is 0 Å². The van der Waals surface area contributed by atoms with Gasteiger partial charge in [0, 0.05) is 26.7 Å². The van der Waals surface area contributed by atoms with Gasteiger partial charge in [0.1, 0.15) is 24.2 Å².